The van der Waals surface area contributed by atoms with Crippen LogP contribution < -0.4 is 9.64 Å². The summed E-state index contributed by atoms with van der Waals surface area (Å²) >= 11 is 1.82. The highest BCUT2D eigenvalue weighted by atomic mass is 32.1. The standard InChI is InChI=1S/C20H25N3O2S/c24-20(23-12-13-25-19-7-2-1-6-18(19)23)16-22-9-4-8-21(10-11-22)15-17-5-3-14-26-17/h1-3,5-7,14H,4,8-13,15-16H2. The second kappa shape index (κ2) is 8.20. The van der Waals surface area contributed by atoms with Crippen molar-refractivity contribution in [2.24, 2.45) is 0 Å². The van der Waals surface area contributed by atoms with E-state index in [9.17, 15) is 4.79 Å². The molecule has 1 aromatic heterocycles. The second-order valence-corrected chi connectivity index (χ2v) is 7.88. The third-order valence-electron chi connectivity index (χ3n) is 5.03. The maximum Gasteiger partial charge on any atom is 0.241 e. The molecule has 0 spiro atoms. The lowest BCUT2D eigenvalue weighted by Crippen LogP contribution is -2.45. The molecule has 4 rings (SSSR count). The van der Waals surface area contributed by atoms with Crippen LogP contribution in [-0.2, 0) is 11.3 Å². The number of fused-ring (bicyclic) bond motifs is 1. The molecular weight excluding hydrogens is 346 g/mol. The van der Waals surface area contributed by atoms with E-state index < -0.39 is 0 Å². The van der Waals surface area contributed by atoms with Gasteiger partial charge in [0.25, 0.3) is 0 Å². The number of hydrogen-bond donors (Lipinski definition) is 0. The van der Waals surface area contributed by atoms with E-state index >= 15 is 0 Å². The zero-order valence-electron chi connectivity index (χ0n) is 15.0. The highest BCUT2D eigenvalue weighted by Gasteiger charge is 2.25. The number of amides is 1. The van der Waals surface area contributed by atoms with E-state index in [1.807, 2.05) is 40.5 Å². The average Bonchev–Trinajstić information content (AvgIpc) is 3.08. The zero-order chi connectivity index (χ0) is 17.8. The minimum atomic E-state index is 0.174. The molecule has 1 fully saturated rings. The summed E-state index contributed by atoms with van der Waals surface area (Å²) in [6.07, 6.45) is 1.11. The van der Waals surface area contributed by atoms with Gasteiger partial charge in [0.2, 0.25) is 5.91 Å². The first-order valence-electron chi connectivity index (χ1n) is 9.29. The third kappa shape index (κ3) is 4.09. The van der Waals surface area contributed by atoms with E-state index in [0.717, 1.165) is 50.6 Å². The van der Waals surface area contributed by atoms with Crippen molar-refractivity contribution in [3.8, 4) is 5.75 Å². The Hall–Kier alpha value is -1.89. The van der Waals surface area contributed by atoms with E-state index in [1.165, 1.54) is 4.88 Å². The minimum absolute atomic E-state index is 0.174. The number of benzene rings is 1. The fourth-order valence-electron chi connectivity index (χ4n) is 3.67. The fourth-order valence-corrected chi connectivity index (χ4v) is 4.41. The van der Waals surface area contributed by atoms with Crippen molar-refractivity contribution in [1.82, 2.24) is 9.80 Å². The molecule has 3 heterocycles. The minimum Gasteiger partial charge on any atom is -0.490 e. The summed E-state index contributed by atoms with van der Waals surface area (Å²) < 4.78 is 5.66. The fraction of sp³-hybridized carbons (Fsp3) is 0.450. The smallest absolute Gasteiger partial charge is 0.241 e. The number of thiophene rings is 1. The lowest BCUT2D eigenvalue weighted by Gasteiger charge is -2.31. The Balaban J connectivity index is 1.34. The summed E-state index contributed by atoms with van der Waals surface area (Å²) in [4.78, 5) is 21.0. The van der Waals surface area contributed by atoms with E-state index in [0.29, 0.717) is 19.7 Å². The van der Waals surface area contributed by atoms with Crippen molar-refractivity contribution < 1.29 is 9.53 Å². The highest BCUT2D eigenvalue weighted by Crippen LogP contribution is 2.31. The van der Waals surface area contributed by atoms with E-state index in [-0.39, 0.29) is 5.91 Å². The topological polar surface area (TPSA) is 36.0 Å². The van der Waals surface area contributed by atoms with Gasteiger partial charge in [0.15, 0.2) is 0 Å². The summed E-state index contributed by atoms with van der Waals surface area (Å²) in [6, 6.07) is 12.1. The Morgan fingerprint density at radius 2 is 1.85 bits per heavy atom. The van der Waals surface area contributed by atoms with Crippen molar-refractivity contribution in [3.05, 3.63) is 46.7 Å². The number of nitrogens with zero attached hydrogens (tertiary/aromatic N) is 3. The van der Waals surface area contributed by atoms with Crippen LogP contribution in [-0.4, -0.2) is 61.6 Å². The van der Waals surface area contributed by atoms with Crippen molar-refractivity contribution in [2.75, 3.05) is 50.8 Å². The summed E-state index contributed by atoms with van der Waals surface area (Å²) in [7, 11) is 0. The van der Waals surface area contributed by atoms with Gasteiger partial charge in [0, 0.05) is 24.5 Å². The molecule has 2 aliphatic rings. The molecule has 0 atom stereocenters. The normalized spacial score (nSPS) is 18.8. The Morgan fingerprint density at radius 1 is 1.00 bits per heavy atom. The van der Waals surface area contributed by atoms with Crippen LogP contribution in [0.15, 0.2) is 41.8 Å². The van der Waals surface area contributed by atoms with Gasteiger partial charge in [0.05, 0.1) is 18.8 Å². The third-order valence-corrected chi connectivity index (χ3v) is 5.89. The Labute approximate surface area is 158 Å². The molecule has 26 heavy (non-hydrogen) atoms. The number of para-hydroxylation sites is 2. The number of carbonyl (C=O) groups is 1. The molecule has 0 bridgehead atoms. The SMILES string of the molecule is O=C(CN1CCCN(Cc2cccs2)CC1)N1CCOc2ccccc21. The van der Waals surface area contributed by atoms with Crippen LogP contribution in [0.2, 0.25) is 0 Å². The van der Waals surface area contributed by atoms with Gasteiger partial charge in [-0.15, -0.1) is 11.3 Å². The number of ether oxygens (including phenoxy) is 1. The molecule has 1 aromatic carbocycles. The van der Waals surface area contributed by atoms with Crippen LogP contribution in [0.3, 0.4) is 0 Å². The van der Waals surface area contributed by atoms with Gasteiger partial charge in [-0.2, -0.15) is 0 Å². The molecule has 1 amide bonds. The van der Waals surface area contributed by atoms with Gasteiger partial charge < -0.3 is 9.64 Å². The van der Waals surface area contributed by atoms with Crippen molar-refractivity contribution >= 4 is 22.9 Å². The highest BCUT2D eigenvalue weighted by molar-refractivity contribution is 7.09. The van der Waals surface area contributed by atoms with Crippen molar-refractivity contribution in [3.63, 3.8) is 0 Å². The Kier molecular flexibility index (Phi) is 5.53. The maximum absolute atomic E-state index is 12.9. The Bertz CT molecular complexity index is 734. The number of rotatable bonds is 4. The van der Waals surface area contributed by atoms with Crippen molar-refractivity contribution in [1.29, 1.82) is 0 Å². The Morgan fingerprint density at radius 3 is 2.73 bits per heavy atom. The van der Waals surface area contributed by atoms with Gasteiger partial charge in [-0.25, -0.2) is 0 Å². The van der Waals surface area contributed by atoms with Crippen LogP contribution in [0, 0.1) is 0 Å². The molecule has 0 aliphatic carbocycles. The lowest BCUT2D eigenvalue weighted by molar-refractivity contribution is -0.120. The average molecular weight is 372 g/mol. The molecule has 0 radical (unpaired) electrons. The summed E-state index contributed by atoms with van der Waals surface area (Å²) in [6.45, 7) is 6.76. The number of anilines is 1. The number of carbonyl (C=O) groups excluding carboxylic acids is 1. The van der Waals surface area contributed by atoms with Gasteiger partial charge in [0.1, 0.15) is 12.4 Å². The predicted molar refractivity (Wildman–Crippen MR) is 105 cm³/mol. The molecule has 0 N–H and O–H groups in total. The second-order valence-electron chi connectivity index (χ2n) is 6.85. The lowest BCUT2D eigenvalue weighted by atomic mass is 10.2. The van der Waals surface area contributed by atoms with Gasteiger partial charge in [-0.05, 0) is 43.1 Å². The largest absolute Gasteiger partial charge is 0.490 e. The molecule has 5 nitrogen and oxygen atoms in total. The van der Waals surface area contributed by atoms with E-state index in [4.69, 9.17) is 4.74 Å². The molecule has 0 saturated carbocycles. The first-order chi connectivity index (χ1) is 12.8. The van der Waals surface area contributed by atoms with Crippen molar-refractivity contribution in [2.45, 2.75) is 13.0 Å². The van der Waals surface area contributed by atoms with Gasteiger partial charge >= 0.3 is 0 Å². The first kappa shape index (κ1) is 17.5. The molecule has 2 aromatic rings. The monoisotopic (exact) mass is 371 g/mol. The van der Waals surface area contributed by atoms with E-state index in [1.54, 1.807) is 0 Å². The molecule has 0 unspecified atom stereocenters. The quantitative estimate of drug-likeness (QED) is 0.828. The summed E-state index contributed by atoms with van der Waals surface area (Å²) in [5.41, 5.74) is 0.901. The van der Waals surface area contributed by atoms with Crippen LogP contribution in [0.4, 0.5) is 5.69 Å². The van der Waals surface area contributed by atoms with Crippen LogP contribution >= 0.6 is 11.3 Å². The molecule has 138 valence electrons. The first-order valence-corrected chi connectivity index (χ1v) is 10.2. The van der Waals surface area contributed by atoms with Gasteiger partial charge in [-0.1, -0.05) is 18.2 Å². The predicted octanol–water partition coefficient (Wildman–Crippen LogP) is 2.68. The van der Waals surface area contributed by atoms with E-state index in [2.05, 4.69) is 27.3 Å². The summed E-state index contributed by atoms with van der Waals surface area (Å²) in [5.74, 6) is 0.984. The zero-order valence-corrected chi connectivity index (χ0v) is 15.8. The molecule has 2 aliphatic heterocycles. The molecular formula is C20H25N3O2S. The number of hydrogen-bond acceptors (Lipinski definition) is 5. The van der Waals surface area contributed by atoms with Crippen LogP contribution in [0.25, 0.3) is 0 Å². The summed E-state index contributed by atoms with van der Waals surface area (Å²) in [5, 5.41) is 2.14. The maximum atomic E-state index is 12.9. The molecule has 1 saturated heterocycles. The van der Waals surface area contributed by atoms with Gasteiger partial charge in [-0.3, -0.25) is 14.6 Å². The van der Waals surface area contributed by atoms with Crippen LogP contribution in [0.1, 0.15) is 11.3 Å². The van der Waals surface area contributed by atoms with Crippen LogP contribution in [0.5, 0.6) is 5.75 Å². The molecule has 6 heteroatoms.